The molecule has 0 aliphatic carbocycles. The fourth-order valence-electron chi connectivity index (χ4n) is 9.34. The molecule has 0 N–H and O–H groups in total. The molecule has 0 spiro atoms. The summed E-state index contributed by atoms with van der Waals surface area (Å²) < 4.78 is 0. The van der Waals surface area contributed by atoms with E-state index in [9.17, 15) is 0 Å². The van der Waals surface area contributed by atoms with Crippen LogP contribution in [0.5, 0.6) is 0 Å². The molecule has 0 amide bonds. The van der Waals surface area contributed by atoms with E-state index < -0.39 is 0 Å². The Bertz CT molecular complexity index is 2610. The van der Waals surface area contributed by atoms with E-state index in [1.54, 1.807) is 0 Å². The zero-order valence-corrected chi connectivity index (χ0v) is 37.4. The van der Waals surface area contributed by atoms with Crippen molar-refractivity contribution in [3.05, 3.63) is 275 Å². The molecule has 0 atom stereocenters. The van der Waals surface area contributed by atoms with Crippen molar-refractivity contribution in [2.45, 2.75) is 39.5 Å². The van der Waals surface area contributed by atoms with E-state index in [4.69, 9.17) is 0 Å². The van der Waals surface area contributed by atoms with E-state index in [1.165, 1.54) is 89.5 Å². The van der Waals surface area contributed by atoms with Crippen LogP contribution in [0.1, 0.15) is 56.3 Å². The zero-order chi connectivity index (χ0) is 43.8. The maximum Gasteiger partial charge on any atom is 0.0440 e. The number of hydrogen-bond donors (Lipinski definition) is 0. The molecule has 2 heteroatoms. The molecule has 0 heterocycles. The highest BCUT2D eigenvalue weighted by molar-refractivity contribution is 5.76. The lowest BCUT2D eigenvalue weighted by Gasteiger charge is -2.32. The minimum atomic E-state index is 0.194. The molecule has 9 aromatic rings. The third-order valence-electron chi connectivity index (χ3n) is 12.7. The lowest BCUT2D eigenvalue weighted by Crippen LogP contribution is -2.25. The first kappa shape index (κ1) is 41.9. The largest absolute Gasteiger partial charge is 0.340 e. The predicted octanol–water partition coefficient (Wildman–Crippen LogP) is 16.2. The molecule has 0 radical (unpaired) electrons. The van der Waals surface area contributed by atoms with Crippen LogP contribution in [0.15, 0.2) is 231 Å². The highest BCUT2D eigenvalue weighted by atomic mass is 15.1. The first-order chi connectivity index (χ1) is 31.4. The summed E-state index contributed by atoms with van der Waals surface area (Å²) in [4.78, 5) is 5.00. The van der Waals surface area contributed by atoms with Gasteiger partial charge in [-0.25, -0.2) is 0 Å². The van der Waals surface area contributed by atoms with Gasteiger partial charge in [-0.2, -0.15) is 0 Å². The molecule has 0 unspecified atom stereocenters. The molecule has 64 heavy (non-hydrogen) atoms. The Morgan fingerprint density at radius 3 is 0.828 bits per heavy atom. The van der Waals surface area contributed by atoms with Crippen LogP contribution >= 0.6 is 0 Å². The molecule has 9 aromatic carbocycles. The van der Waals surface area contributed by atoms with E-state index >= 15 is 0 Å². The lowest BCUT2D eigenvalue weighted by molar-refractivity contribution is 0.791. The third kappa shape index (κ3) is 9.48. The second-order valence-corrected chi connectivity index (χ2v) is 17.2. The second kappa shape index (κ2) is 19.3. The van der Waals surface area contributed by atoms with Crippen LogP contribution in [0, 0.1) is 27.7 Å². The fourth-order valence-corrected chi connectivity index (χ4v) is 9.34. The molecule has 0 saturated heterocycles. The van der Waals surface area contributed by atoms with Crippen LogP contribution in [-0.2, 0) is 0 Å². The molecule has 9 rings (SSSR count). The van der Waals surface area contributed by atoms with E-state index in [1.807, 2.05) is 0 Å². The Hall–Kier alpha value is -7.42. The Morgan fingerprint density at radius 1 is 0.297 bits per heavy atom. The van der Waals surface area contributed by atoms with Crippen LogP contribution in [0.3, 0.4) is 0 Å². The number of hydrogen-bond acceptors (Lipinski definition) is 2. The average molecular weight is 829 g/mol. The monoisotopic (exact) mass is 828 g/mol. The second-order valence-electron chi connectivity index (χ2n) is 17.2. The number of benzene rings is 9. The van der Waals surface area contributed by atoms with Crippen molar-refractivity contribution >= 4 is 22.7 Å². The van der Waals surface area contributed by atoms with E-state index in [0.29, 0.717) is 0 Å². The minimum absolute atomic E-state index is 0.194. The summed E-state index contributed by atoms with van der Waals surface area (Å²) in [6, 6.07) is 84.6. The summed E-state index contributed by atoms with van der Waals surface area (Å²) >= 11 is 0. The van der Waals surface area contributed by atoms with Gasteiger partial charge in [-0.3, -0.25) is 0 Å². The van der Waals surface area contributed by atoms with Crippen molar-refractivity contribution in [1.29, 1.82) is 0 Å². The Labute approximate surface area is 380 Å². The van der Waals surface area contributed by atoms with Crippen LogP contribution in [0.25, 0.3) is 22.3 Å². The summed E-state index contributed by atoms with van der Waals surface area (Å²) in [5.41, 5.74) is 20.0. The van der Waals surface area contributed by atoms with Crippen LogP contribution in [0.2, 0.25) is 0 Å². The molecular weight excluding hydrogens is 773 g/mol. The Morgan fingerprint density at radius 2 is 0.562 bits per heavy atom. The van der Waals surface area contributed by atoms with E-state index in [0.717, 1.165) is 13.1 Å². The zero-order valence-electron chi connectivity index (χ0n) is 37.4. The van der Waals surface area contributed by atoms with Gasteiger partial charge in [-0.05, 0) is 120 Å². The third-order valence-corrected chi connectivity index (χ3v) is 12.7. The van der Waals surface area contributed by atoms with Gasteiger partial charge in [0.25, 0.3) is 0 Å². The van der Waals surface area contributed by atoms with Crippen LogP contribution in [0.4, 0.5) is 22.7 Å². The topological polar surface area (TPSA) is 6.48 Å². The highest BCUT2D eigenvalue weighted by Crippen LogP contribution is 2.38. The van der Waals surface area contributed by atoms with Crippen molar-refractivity contribution in [2.24, 2.45) is 0 Å². The molecule has 0 aliphatic heterocycles. The van der Waals surface area contributed by atoms with Gasteiger partial charge in [-0.15, -0.1) is 0 Å². The van der Waals surface area contributed by atoms with E-state index in [-0.39, 0.29) is 11.8 Å². The van der Waals surface area contributed by atoms with Crippen LogP contribution in [-0.4, -0.2) is 13.1 Å². The SMILES string of the molecule is Cc1ccc(N(CC(c2ccccc2)c2ccccc2)c2ccc(-c3ccc(-c4ccc(N(CC(c5ccccc5)c5ccccc5)c5ccc(C)cc5C)cc4)cc3)cc2)c(C)c1. The summed E-state index contributed by atoms with van der Waals surface area (Å²) in [6.45, 7) is 10.4. The molecule has 0 fully saturated rings. The van der Waals surface area contributed by atoms with Gasteiger partial charge in [0.05, 0.1) is 0 Å². The fraction of sp³-hybridized carbons (Fsp3) is 0.129. The standard InChI is InChI=1S/C62H56N2/c1-45-25-39-61(47(3)41-45)63(43-59(53-17-9-5-10-18-53)54-19-11-6-12-20-54)57-35-31-51(32-36-57)49-27-29-50(30-28-49)52-33-37-58(38-34-52)64(62-40-26-46(2)42-48(62)4)44-60(55-21-13-7-14-22-55)56-23-15-8-16-24-56/h5-42,59-60H,43-44H2,1-4H3. The minimum Gasteiger partial charge on any atom is -0.340 e. The summed E-state index contributed by atoms with van der Waals surface area (Å²) in [5, 5.41) is 0. The number of anilines is 4. The van der Waals surface area contributed by atoms with Gasteiger partial charge in [-0.1, -0.05) is 205 Å². The van der Waals surface area contributed by atoms with E-state index in [2.05, 4.69) is 268 Å². The molecule has 0 aromatic heterocycles. The molecule has 2 nitrogen and oxygen atoms in total. The summed E-state index contributed by atoms with van der Waals surface area (Å²) in [5.74, 6) is 0.388. The summed E-state index contributed by atoms with van der Waals surface area (Å²) in [6.07, 6.45) is 0. The van der Waals surface area contributed by atoms with Crippen molar-refractivity contribution in [3.8, 4) is 22.3 Å². The highest BCUT2D eigenvalue weighted by Gasteiger charge is 2.23. The Kier molecular flexibility index (Phi) is 12.6. The number of nitrogens with zero attached hydrogens (tertiary/aromatic N) is 2. The number of rotatable bonds is 14. The van der Waals surface area contributed by atoms with Gasteiger partial charge in [0.1, 0.15) is 0 Å². The summed E-state index contributed by atoms with van der Waals surface area (Å²) in [7, 11) is 0. The van der Waals surface area contributed by atoms with Gasteiger partial charge in [0, 0.05) is 47.7 Å². The van der Waals surface area contributed by atoms with Gasteiger partial charge < -0.3 is 9.80 Å². The lowest BCUT2D eigenvalue weighted by atomic mass is 9.90. The van der Waals surface area contributed by atoms with Crippen LogP contribution < -0.4 is 9.80 Å². The van der Waals surface area contributed by atoms with Gasteiger partial charge in [0.2, 0.25) is 0 Å². The maximum atomic E-state index is 2.50. The molecule has 0 saturated carbocycles. The quantitative estimate of drug-likeness (QED) is 0.108. The van der Waals surface area contributed by atoms with Gasteiger partial charge in [0.15, 0.2) is 0 Å². The van der Waals surface area contributed by atoms with Crippen molar-refractivity contribution in [1.82, 2.24) is 0 Å². The van der Waals surface area contributed by atoms with Crippen molar-refractivity contribution < 1.29 is 0 Å². The smallest absolute Gasteiger partial charge is 0.0440 e. The van der Waals surface area contributed by atoms with Crippen molar-refractivity contribution in [3.63, 3.8) is 0 Å². The number of aryl methyl sites for hydroxylation is 4. The first-order valence-corrected chi connectivity index (χ1v) is 22.6. The molecule has 0 aliphatic rings. The first-order valence-electron chi connectivity index (χ1n) is 22.6. The molecular formula is C62H56N2. The molecule has 314 valence electrons. The Balaban J connectivity index is 0.983. The molecule has 0 bridgehead atoms. The predicted molar refractivity (Wildman–Crippen MR) is 273 cm³/mol. The normalized spacial score (nSPS) is 11.2. The average Bonchev–Trinajstić information content (AvgIpc) is 3.34. The van der Waals surface area contributed by atoms with Crippen molar-refractivity contribution in [2.75, 3.05) is 22.9 Å². The maximum absolute atomic E-state index is 2.50. The van der Waals surface area contributed by atoms with Gasteiger partial charge >= 0.3 is 0 Å².